The second kappa shape index (κ2) is 7.85. The number of likely N-dealkylation sites (tertiary alicyclic amines) is 1. The first kappa shape index (κ1) is 20.4. The molecule has 1 saturated heterocycles. The highest BCUT2D eigenvalue weighted by Gasteiger charge is 2.62. The number of carbonyl (C=O) groups excluding carboxylic acids is 3. The molecule has 5 atom stereocenters. The van der Waals surface area contributed by atoms with Gasteiger partial charge in [0.15, 0.2) is 0 Å². The number of amides is 3. The number of carbonyl (C=O) groups is 3. The van der Waals surface area contributed by atoms with Gasteiger partial charge in [0.2, 0.25) is 17.7 Å². The molecular formula is C24H23N3O5. The van der Waals surface area contributed by atoms with E-state index < -0.39 is 16.9 Å². The lowest BCUT2D eigenvalue weighted by Crippen LogP contribution is -2.49. The molecule has 2 aromatic rings. The Morgan fingerprint density at radius 3 is 2.31 bits per heavy atom. The molecule has 164 valence electrons. The summed E-state index contributed by atoms with van der Waals surface area (Å²) in [5, 5.41) is 13.8. The average molecular weight is 433 g/mol. The smallest absolute Gasteiger partial charge is 0.271 e. The van der Waals surface area contributed by atoms with Gasteiger partial charge in [-0.15, -0.1) is 0 Å². The summed E-state index contributed by atoms with van der Waals surface area (Å²) in [6.45, 7) is 0. The van der Waals surface area contributed by atoms with Crippen molar-refractivity contribution < 1.29 is 19.3 Å². The number of benzene rings is 2. The van der Waals surface area contributed by atoms with Crippen LogP contribution in [-0.2, 0) is 20.8 Å². The van der Waals surface area contributed by atoms with Crippen molar-refractivity contribution in [3.63, 3.8) is 0 Å². The number of hydrogen-bond acceptors (Lipinski definition) is 5. The molecule has 3 amide bonds. The van der Waals surface area contributed by atoms with Crippen LogP contribution in [0, 0.1) is 33.8 Å². The number of nitrogens with zero attached hydrogens (tertiary/aromatic N) is 2. The SMILES string of the molecule is O=C(Nc1cccc([N+](=O)[O-])c1)[C@H](Cc1ccccc1)N1C(=O)[C@@H]2[C@H]3CC[C@@H](C3)[C@H]2C1=O. The molecule has 2 bridgehead atoms. The molecule has 0 aromatic heterocycles. The average Bonchev–Trinajstić information content (AvgIpc) is 3.47. The molecule has 1 aliphatic heterocycles. The van der Waals surface area contributed by atoms with Gasteiger partial charge in [-0.2, -0.15) is 0 Å². The van der Waals surface area contributed by atoms with Gasteiger partial charge in [0.25, 0.3) is 5.69 Å². The summed E-state index contributed by atoms with van der Waals surface area (Å²) in [6.07, 6.45) is 3.03. The van der Waals surface area contributed by atoms with Crippen LogP contribution in [0.2, 0.25) is 0 Å². The minimum absolute atomic E-state index is 0.151. The lowest BCUT2D eigenvalue weighted by atomic mass is 9.81. The van der Waals surface area contributed by atoms with Crippen LogP contribution in [0.3, 0.4) is 0 Å². The molecule has 1 N–H and O–H groups in total. The third kappa shape index (κ3) is 3.36. The normalized spacial score (nSPS) is 26.8. The standard InChI is InChI=1S/C24H23N3O5/c28-22(25-17-7-4-8-18(13-17)27(31)32)19(11-14-5-2-1-3-6-14)26-23(29)20-15-9-10-16(12-15)21(20)24(26)30/h1-8,13,15-16,19-21H,9-12H2,(H,25,28)/t15-,16-,19-,20+,21+/m0/s1. The summed E-state index contributed by atoms with van der Waals surface area (Å²) in [5.74, 6) is -1.20. The van der Waals surface area contributed by atoms with Gasteiger partial charge in [-0.25, -0.2) is 0 Å². The lowest BCUT2D eigenvalue weighted by Gasteiger charge is -2.27. The molecule has 1 heterocycles. The summed E-state index contributed by atoms with van der Waals surface area (Å²) >= 11 is 0. The third-order valence-electron chi connectivity index (χ3n) is 7.17. The monoisotopic (exact) mass is 433 g/mol. The summed E-state index contributed by atoms with van der Waals surface area (Å²) in [6, 6.07) is 13.9. The molecule has 2 aliphatic carbocycles. The number of rotatable bonds is 6. The van der Waals surface area contributed by atoms with Crippen LogP contribution in [0.15, 0.2) is 54.6 Å². The number of hydrogen-bond donors (Lipinski definition) is 1. The summed E-state index contributed by atoms with van der Waals surface area (Å²) in [7, 11) is 0. The van der Waals surface area contributed by atoms with Crippen LogP contribution in [0.1, 0.15) is 24.8 Å². The molecule has 8 nitrogen and oxygen atoms in total. The fourth-order valence-electron chi connectivity index (χ4n) is 5.80. The maximum Gasteiger partial charge on any atom is 0.271 e. The highest BCUT2D eigenvalue weighted by Crippen LogP contribution is 2.56. The number of non-ortho nitro benzene ring substituents is 1. The molecule has 2 aromatic carbocycles. The zero-order valence-electron chi connectivity index (χ0n) is 17.3. The molecule has 3 aliphatic rings. The highest BCUT2D eigenvalue weighted by molar-refractivity contribution is 6.10. The Bertz CT molecular complexity index is 1070. The van der Waals surface area contributed by atoms with E-state index in [-0.39, 0.29) is 53.3 Å². The van der Waals surface area contributed by atoms with Crippen LogP contribution in [0.5, 0.6) is 0 Å². The van der Waals surface area contributed by atoms with Gasteiger partial charge in [0, 0.05) is 24.2 Å². The Balaban J connectivity index is 1.45. The van der Waals surface area contributed by atoms with Gasteiger partial charge in [0.1, 0.15) is 6.04 Å². The van der Waals surface area contributed by atoms with Crippen molar-refractivity contribution in [3.05, 3.63) is 70.3 Å². The van der Waals surface area contributed by atoms with E-state index >= 15 is 0 Å². The van der Waals surface area contributed by atoms with Gasteiger partial charge in [-0.1, -0.05) is 36.4 Å². The second-order valence-electron chi connectivity index (χ2n) is 8.93. The van der Waals surface area contributed by atoms with E-state index in [1.54, 1.807) is 6.07 Å². The Kier molecular flexibility index (Phi) is 5.00. The zero-order valence-corrected chi connectivity index (χ0v) is 17.3. The fourth-order valence-corrected chi connectivity index (χ4v) is 5.80. The largest absolute Gasteiger partial charge is 0.324 e. The highest BCUT2D eigenvalue weighted by atomic mass is 16.6. The predicted molar refractivity (Wildman–Crippen MR) is 115 cm³/mol. The van der Waals surface area contributed by atoms with Crippen LogP contribution in [0.25, 0.3) is 0 Å². The lowest BCUT2D eigenvalue weighted by molar-refractivity contribution is -0.384. The van der Waals surface area contributed by atoms with Gasteiger partial charge < -0.3 is 5.32 Å². The van der Waals surface area contributed by atoms with E-state index in [0.717, 1.165) is 24.8 Å². The third-order valence-corrected chi connectivity index (χ3v) is 7.17. The van der Waals surface area contributed by atoms with Gasteiger partial charge >= 0.3 is 0 Å². The second-order valence-corrected chi connectivity index (χ2v) is 8.93. The summed E-state index contributed by atoms with van der Waals surface area (Å²) in [5.41, 5.74) is 0.927. The van der Waals surface area contributed by atoms with Gasteiger partial charge in [-0.3, -0.25) is 29.4 Å². The Labute approximate surface area is 184 Å². The van der Waals surface area contributed by atoms with E-state index in [9.17, 15) is 24.5 Å². The molecule has 8 heteroatoms. The molecule has 5 rings (SSSR count). The van der Waals surface area contributed by atoms with Crippen molar-refractivity contribution >= 4 is 29.1 Å². The maximum atomic E-state index is 13.4. The van der Waals surface area contributed by atoms with Crippen LogP contribution < -0.4 is 5.32 Å². The first-order valence-corrected chi connectivity index (χ1v) is 10.9. The van der Waals surface area contributed by atoms with Gasteiger partial charge in [0.05, 0.1) is 16.8 Å². The van der Waals surface area contributed by atoms with Crippen molar-refractivity contribution in [2.24, 2.45) is 23.7 Å². The van der Waals surface area contributed by atoms with E-state index in [2.05, 4.69) is 5.32 Å². The number of nitrogens with one attached hydrogen (secondary N) is 1. The molecular weight excluding hydrogens is 410 g/mol. The maximum absolute atomic E-state index is 13.4. The van der Waals surface area contributed by atoms with E-state index in [1.165, 1.54) is 23.1 Å². The van der Waals surface area contributed by atoms with Crippen molar-refractivity contribution in [1.29, 1.82) is 0 Å². The van der Waals surface area contributed by atoms with Crippen LogP contribution in [0.4, 0.5) is 11.4 Å². The van der Waals surface area contributed by atoms with Crippen molar-refractivity contribution in [2.45, 2.75) is 31.7 Å². The molecule has 0 radical (unpaired) electrons. The quantitative estimate of drug-likeness (QED) is 0.427. The Hall–Kier alpha value is -3.55. The minimum Gasteiger partial charge on any atom is -0.324 e. The van der Waals surface area contributed by atoms with Crippen molar-refractivity contribution in [1.82, 2.24) is 4.90 Å². The first-order valence-electron chi connectivity index (χ1n) is 10.9. The number of imide groups is 1. The van der Waals surface area contributed by atoms with E-state index in [4.69, 9.17) is 0 Å². The van der Waals surface area contributed by atoms with E-state index in [0.29, 0.717) is 0 Å². The minimum atomic E-state index is -1.01. The summed E-state index contributed by atoms with van der Waals surface area (Å²) in [4.78, 5) is 51.8. The zero-order chi connectivity index (χ0) is 22.4. The van der Waals surface area contributed by atoms with E-state index in [1.807, 2.05) is 30.3 Å². The molecule has 0 unspecified atom stereocenters. The van der Waals surface area contributed by atoms with Crippen LogP contribution >= 0.6 is 0 Å². The van der Waals surface area contributed by atoms with Crippen LogP contribution in [-0.4, -0.2) is 33.6 Å². The topological polar surface area (TPSA) is 110 Å². The molecule has 2 saturated carbocycles. The first-order chi connectivity index (χ1) is 15.4. The number of nitro benzene ring substituents is 1. The molecule has 3 fully saturated rings. The van der Waals surface area contributed by atoms with Gasteiger partial charge in [-0.05, 0) is 42.7 Å². The Morgan fingerprint density at radius 2 is 1.69 bits per heavy atom. The molecule has 0 spiro atoms. The number of fused-ring (bicyclic) bond motifs is 5. The van der Waals surface area contributed by atoms with Crippen molar-refractivity contribution in [3.8, 4) is 0 Å². The number of nitro groups is 1. The Morgan fingerprint density at radius 1 is 1.03 bits per heavy atom. The fraction of sp³-hybridized carbons (Fsp3) is 0.375. The summed E-state index contributed by atoms with van der Waals surface area (Å²) < 4.78 is 0. The van der Waals surface area contributed by atoms with Crippen molar-refractivity contribution in [2.75, 3.05) is 5.32 Å². The molecule has 32 heavy (non-hydrogen) atoms. The number of anilines is 1. The predicted octanol–water partition coefficient (Wildman–Crippen LogP) is 3.18.